The molecule has 262 valence electrons. The van der Waals surface area contributed by atoms with Crippen LogP contribution in [0, 0.1) is 0 Å². The van der Waals surface area contributed by atoms with Crippen molar-refractivity contribution in [1.29, 1.82) is 0 Å². The third-order valence-corrected chi connectivity index (χ3v) is 14.0. The van der Waals surface area contributed by atoms with Gasteiger partial charge in [0.15, 0.2) is 0 Å². The van der Waals surface area contributed by atoms with E-state index in [1.807, 2.05) is 12.3 Å². The van der Waals surface area contributed by atoms with Crippen LogP contribution >= 0.6 is 0 Å². The van der Waals surface area contributed by atoms with Gasteiger partial charge in [-0.3, -0.25) is 0 Å². The van der Waals surface area contributed by atoms with Gasteiger partial charge in [-0.2, -0.15) is 0 Å². The van der Waals surface area contributed by atoms with E-state index < -0.39 is 0 Å². The van der Waals surface area contributed by atoms with Gasteiger partial charge in [-0.25, -0.2) is 0 Å². The smallest absolute Gasteiger partial charge is 0.134 e. The quantitative estimate of drug-likeness (QED) is 0.167. The van der Waals surface area contributed by atoms with E-state index in [0.29, 0.717) is 5.92 Å². The van der Waals surface area contributed by atoms with Crippen LogP contribution in [0.25, 0.3) is 88.1 Å². The minimum Gasteiger partial charge on any atom is -0.464 e. The molecule has 1 saturated carbocycles. The minimum atomic E-state index is -0.101. The Morgan fingerprint density at radius 1 is 0.455 bits per heavy atom. The van der Waals surface area contributed by atoms with Crippen molar-refractivity contribution < 1.29 is 4.42 Å². The number of hydrogen-bond donors (Lipinski definition) is 0. The van der Waals surface area contributed by atoms with Crippen LogP contribution in [0.15, 0.2) is 162 Å². The molecular formula is C54H40O. The van der Waals surface area contributed by atoms with Gasteiger partial charge in [0.25, 0.3) is 0 Å². The Labute approximate surface area is 321 Å². The maximum Gasteiger partial charge on any atom is 0.134 e. The lowest BCUT2D eigenvalue weighted by atomic mass is 9.50. The van der Waals surface area contributed by atoms with Gasteiger partial charge >= 0.3 is 0 Å². The topological polar surface area (TPSA) is 13.1 Å². The summed E-state index contributed by atoms with van der Waals surface area (Å²) in [4.78, 5) is 0. The molecule has 0 spiro atoms. The molecule has 1 nitrogen and oxygen atoms in total. The van der Waals surface area contributed by atoms with E-state index in [4.69, 9.17) is 4.42 Å². The van der Waals surface area contributed by atoms with Crippen molar-refractivity contribution in [3.8, 4) is 55.6 Å². The summed E-state index contributed by atoms with van der Waals surface area (Å²) in [5.74, 6) is 0.535. The van der Waals surface area contributed by atoms with Crippen LogP contribution in [0.4, 0.5) is 0 Å². The second kappa shape index (κ2) is 11.0. The second-order valence-electron chi connectivity index (χ2n) is 17.0. The summed E-state index contributed by atoms with van der Waals surface area (Å²) in [5.41, 5.74) is 20.1. The molecule has 0 amide bonds. The highest BCUT2D eigenvalue weighted by Gasteiger charge is 2.51. The van der Waals surface area contributed by atoms with E-state index in [9.17, 15) is 0 Å². The third-order valence-electron chi connectivity index (χ3n) is 14.0. The number of hydrogen-bond acceptors (Lipinski definition) is 1. The van der Waals surface area contributed by atoms with Crippen LogP contribution in [-0.2, 0) is 10.8 Å². The first-order chi connectivity index (χ1) is 26.9. The van der Waals surface area contributed by atoms with Gasteiger partial charge in [0.1, 0.15) is 5.58 Å². The molecule has 1 heteroatoms. The molecule has 1 fully saturated rings. The molecular weight excluding hydrogens is 665 g/mol. The van der Waals surface area contributed by atoms with Gasteiger partial charge in [-0.15, -0.1) is 0 Å². The molecule has 3 aliphatic rings. The number of fused-ring (bicyclic) bond motifs is 12. The number of furan rings is 1. The maximum atomic E-state index is 6.13. The van der Waals surface area contributed by atoms with Gasteiger partial charge in [0.2, 0.25) is 0 Å². The van der Waals surface area contributed by atoms with Crippen LogP contribution in [-0.4, -0.2) is 0 Å². The van der Waals surface area contributed by atoms with Gasteiger partial charge < -0.3 is 4.42 Å². The molecule has 0 saturated heterocycles. The highest BCUT2D eigenvalue weighted by Crippen LogP contribution is 2.65. The lowest BCUT2D eigenvalue weighted by Gasteiger charge is -2.53. The first-order valence-corrected chi connectivity index (χ1v) is 19.8. The lowest BCUT2D eigenvalue weighted by Crippen LogP contribution is -2.43. The Kier molecular flexibility index (Phi) is 6.21. The Morgan fingerprint density at radius 2 is 1.07 bits per heavy atom. The average molecular weight is 705 g/mol. The molecule has 1 heterocycles. The molecule has 9 aromatic rings. The van der Waals surface area contributed by atoms with Crippen LogP contribution in [0.5, 0.6) is 0 Å². The van der Waals surface area contributed by atoms with E-state index in [1.54, 1.807) is 11.1 Å². The zero-order valence-electron chi connectivity index (χ0n) is 31.4. The normalized spacial score (nSPS) is 18.7. The van der Waals surface area contributed by atoms with Gasteiger partial charge in [0.05, 0.1) is 6.26 Å². The van der Waals surface area contributed by atoms with E-state index >= 15 is 0 Å². The van der Waals surface area contributed by atoms with Crippen molar-refractivity contribution in [1.82, 2.24) is 0 Å². The standard InChI is InChI=1S/C54H40O/c1-53(2)45-25-24-33(50-36-17-7-9-19-38(36)51(39-20-10-8-18-37(39)50)44-31-55-49-23-12-11-16-35(44)49)28-41(45)43-29-42-40-22-13-21-34(32-14-5-4-6-15-32)52(40)46-26-27-54(46,3)48(42)30-47(43)53/h4-25,28-31,46H,26-27H2,1-3H3. The highest BCUT2D eigenvalue weighted by molar-refractivity contribution is 6.23. The first-order valence-electron chi connectivity index (χ1n) is 19.8. The largest absolute Gasteiger partial charge is 0.464 e. The van der Waals surface area contributed by atoms with E-state index in [-0.39, 0.29) is 10.8 Å². The molecule has 8 aromatic carbocycles. The van der Waals surface area contributed by atoms with Gasteiger partial charge in [0, 0.05) is 27.3 Å². The van der Waals surface area contributed by atoms with Gasteiger partial charge in [-0.1, -0.05) is 154 Å². The predicted molar refractivity (Wildman–Crippen MR) is 230 cm³/mol. The average Bonchev–Trinajstić information content (AvgIpc) is 3.74. The summed E-state index contributed by atoms with van der Waals surface area (Å²) in [5, 5.41) is 6.15. The summed E-state index contributed by atoms with van der Waals surface area (Å²) in [6.07, 6.45) is 4.42. The molecule has 0 N–H and O–H groups in total. The summed E-state index contributed by atoms with van der Waals surface area (Å²) in [6.45, 7) is 7.41. The van der Waals surface area contributed by atoms with Crippen molar-refractivity contribution >= 4 is 32.5 Å². The van der Waals surface area contributed by atoms with Crippen LogP contribution < -0.4 is 0 Å². The summed E-state index contributed by atoms with van der Waals surface area (Å²) in [6, 6.07) is 56.9. The maximum absolute atomic E-state index is 6.13. The molecule has 0 radical (unpaired) electrons. The molecule has 0 aliphatic heterocycles. The summed E-state index contributed by atoms with van der Waals surface area (Å²) >= 11 is 0. The molecule has 55 heavy (non-hydrogen) atoms. The minimum absolute atomic E-state index is 0.101. The highest BCUT2D eigenvalue weighted by atomic mass is 16.3. The fraction of sp³-hybridized carbons (Fsp3) is 0.148. The van der Waals surface area contributed by atoms with Crippen molar-refractivity contribution in [3.05, 3.63) is 180 Å². The zero-order valence-corrected chi connectivity index (χ0v) is 31.4. The van der Waals surface area contributed by atoms with Crippen molar-refractivity contribution in [2.75, 3.05) is 0 Å². The first kappa shape index (κ1) is 31.2. The molecule has 3 aliphatic carbocycles. The number of rotatable bonds is 3. The van der Waals surface area contributed by atoms with Crippen LogP contribution in [0.3, 0.4) is 0 Å². The zero-order chi connectivity index (χ0) is 36.6. The van der Waals surface area contributed by atoms with E-state index in [1.165, 1.54) is 95.6 Å². The Balaban J connectivity index is 1.10. The van der Waals surface area contributed by atoms with E-state index in [2.05, 4.69) is 166 Å². The third kappa shape index (κ3) is 4.08. The lowest BCUT2D eigenvalue weighted by molar-refractivity contribution is 0.212. The Hall–Kier alpha value is -6.18. The molecule has 1 aromatic heterocycles. The summed E-state index contributed by atoms with van der Waals surface area (Å²) in [7, 11) is 0. The summed E-state index contributed by atoms with van der Waals surface area (Å²) < 4.78 is 6.13. The van der Waals surface area contributed by atoms with Crippen molar-refractivity contribution in [2.24, 2.45) is 0 Å². The Bertz CT molecular complexity index is 3030. The van der Waals surface area contributed by atoms with Crippen LogP contribution in [0.1, 0.15) is 61.8 Å². The van der Waals surface area contributed by atoms with E-state index in [0.717, 1.165) is 16.5 Å². The second-order valence-corrected chi connectivity index (χ2v) is 17.0. The molecule has 2 unspecified atom stereocenters. The molecule has 12 rings (SSSR count). The Morgan fingerprint density at radius 3 is 1.78 bits per heavy atom. The predicted octanol–water partition coefficient (Wildman–Crippen LogP) is 14.9. The molecule has 2 atom stereocenters. The molecule has 0 bridgehead atoms. The number of benzene rings is 8. The van der Waals surface area contributed by atoms with Crippen molar-refractivity contribution in [3.63, 3.8) is 0 Å². The fourth-order valence-electron chi connectivity index (χ4n) is 11.1. The van der Waals surface area contributed by atoms with Gasteiger partial charge in [-0.05, 0) is 125 Å². The number of para-hydroxylation sites is 1. The van der Waals surface area contributed by atoms with Crippen molar-refractivity contribution in [2.45, 2.75) is 50.4 Å². The monoisotopic (exact) mass is 704 g/mol. The SMILES string of the molecule is CC1(C)c2ccc(-c3c4ccccc4c(-c4coc5ccccc45)c4ccccc34)cc2-c2cc3c(cc21)C1(C)CCC1c1c(-c2ccccc2)cccc1-3. The fourth-order valence-corrected chi connectivity index (χ4v) is 11.1. The van der Waals surface area contributed by atoms with Crippen LogP contribution in [0.2, 0.25) is 0 Å².